The molecule has 0 fully saturated rings. The molecule has 7 nitrogen and oxygen atoms in total. The van der Waals surface area contributed by atoms with E-state index in [4.69, 9.17) is 0 Å². The molecule has 0 bridgehead atoms. The van der Waals surface area contributed by atoms with Gasteiger partial charge in [0.15, 0.2) is 0 Å². The molecule has 8 heteroatoms. The van der Waals surface area contributed by atoms with Crippen LogP contribution in [0, 0.1) is 10.1 Å². The molecule has 28 heavy (non-hydrogen) atoms. The van der Waals surface area contributed by atoms with Crippen molar-refractivity contribution in [3.63, 3.8) is 0 Å². The summed E-state index contributed by atoms with van der Waals surface area (Å²) in [6.07, 6.45) is 1.09. The zero-order valence-corrected chi connectivity index (χ0v) is 16.3. The number of carbonyl (C=O) groups is 2. The molecule has 1 N–H and O–H groups in total. The minimum atomic E-state index is -0.515. The van der Waals surface area contributed by atoms with Gasteiger partial charge in [-0.3, -0.25) is 19.7 Å². The van der Waals surface area contributed by atoms with Gasteiger partial charge in [0.1, 0.15) is 0 Å². The third-order valence-electron chi connectivity index (χ3n) is 4.51. The molecule has 0 saturated heterocycles. The number of anilines is 1. The van der Waals surface area contributed by atoms with Crippen LogP contribution in [0.1, 0.15) is 30.1 Å². The fourth-order valence-corrected chi connectivity index (χ4v) is 4.11. The molecule has 2 aromatic carbocycles. The van der Waals surface area contributed by atoms with Gasteiger partial charge >= 0.3 is 0 Å². The molecule has 0 spiro atoms. The van der Waals surface area contributed by atoms with Gasteiger partial charge in [0.05, 0.1) is 10.6 Å². The topological polar surface area (TPSA) is 92.6 Å². The zero-order valence-electron chi connectivity index (χ0n) is 15.5. The number of non-ortho nitro benzene ring substituents is 1. The monoisotopic (exact) mass is 399 g/mol. The van der Waals surface area contributed by atoms with Crippen LogP contribution in [0.2, 0.25) is 0 Å². The Morgan fingerprint density at radius 2 is 1.93 bits per heavy atom. The van der Waals surface area contributed by atoms with Crippen molar-refractivity contribution in [1.82, 2.24) is 5.32 Å². The van der Waals surface area contributed by atoms with Crippen molar-refractivity contribution < 1.29 is 14.5 Å². The third kappa shape index (κ3) is 4.69. The van der Waals surface area contributed by atoms with E-state index in [1.165, 1.54) is 24.3 Å². The Kier molecular flexibility index (Phi) is 6.30. The first-order valence-electron chi connectivity index (χ1n) is 9.04. The molecule has 0 radical (unpaired) electrons. The smallest absolute Gasteiger partial charge is 0.269 e. The Balaban J connectivity index is 1.58. The van der Waals surface area contributed by atoms with E-state index in [1.54, 1.807) is 16.7 Å². The van der Waals surface area contributed by atoms with Crippen molar-refractivity contribution in [2.45, 2.75) is 29.9 Å². The summed E-state index contributed by atoms with van der Waals surface area (Å²) >= 11 is 1.77. The normalized spacial score (nSPS) is 16.0. The van der Waals surface area contributed by atoms with Gasteiger partial charge in [0.25, 0.3) is 11.6 Å². The summed E-state index contributed by atoms with van der Waals surface area (Å²) in [6, 6.07) is 13.2. The first-order valence-corrected chi connectivity index (χ1v) is 9.92. The van der Waals surface area contributed by atoms with Gasteiger partial charge in [-0.05, 0) is 30.7 Å². The largest absolute Gasteiger partial charge is 0.352 e. The van der Waals surface area contributed by atoms with Gasteiger partial charge in [-0.2, -0.15) is 0 Å². The van der Waals surface area contributed by atoms with Crippen LogP contribution in [0.5, 0.6) is 0 Å². The average molecular weight is 399 g/mol. The minimum absolute atomic E-state index is 0.0360. The lowest BCUT2D eigenvalue weighted by atomic mass is 10.2. The SMILES string of the molecule is CC1CCN(C(=O)CCNC(=O)c2ccc([N+](=O)[O-])cc2)c2ccccc2S1. The molecule has 1 aliphatic rings. The number of hydrogen-bond acceptors (Lipinski definition) is 5. The van der Waals surface area contributed by atoms with Gasteiger partial charge in [-0.1, -0.05) is 19.1 Å². The second-order valence-electron chi connectivity index (χ2n) is 6.54. The van der Waals surface area contributed by atoms with Crippen molar-refractivity contribution in [2.75, 3.05) is 18.0 Å². The molecule has 0 aromatic heterocycles. The highest BCUT2D eigenvalue weighted by Crippen LogP contribution is 2.37. The third-order valence-corrected chi connectivity index (χ3v) is 5.75. The predicted molar refractivity (Wildman–Crippen MR) is 109 cm³/mol. The summed E-state index contributed by atoms with van der Waals surface area (Å²) in [5, 5.41) is 13.8. The molecule has 3 rings (SSSR count). The number of nitro groups is 1. The number of nitrogens with one attached hydrogen (secondary N) is 1. The van der Waals surface area contributed by atoms with Crippen molar-refractivity contribution in [3.05, 3.63) is 64.2 Å². The van der Waals surface area contributed by atoms with Gasteiger partial charge in [0, 0.05) is 47.4 Å². The molecule has 1 unspecified atom stereocenters. The summed E-state index contributed by atoms with van der Waals surface area (Å²) in [5.74, 6) is -0.394. The van der Waals surface area contributed by atoms with Crippen molar-refractivity contribution in [3.8, 4) is 0 Å². The highest BCUT2D eigenvalue weighted by molar-refractivity contribution is 8.00. The lowest BCUT2D eigenvalue weighted by Gasteiger charge is -2.22. The molecular weight excluding hydrogens is 378 g/mol. The molecule has 0 saturated carbocycles. The van der Waals surface area contributed by atoms with E-state index in [-0.39, 0.29) is 30.5 Å². The molecular formula is C20H21N3O4S. The number of carbonyl (C=O) groups excluding carboxylic acids is 2. The van der Waals surface area contributed by atoms with Crippen LogP contribution in [0.15, 0.2) is 53.4 Å². The molecule has 146 valence electrons. The maximum Gasteiger partial charge on any atom is 0.269 e. The second-order valence-corrected chi connectivity index (χ2v) is 8.02. The lowest BCUT2D eigenvalue weighted by molar-refractivity contribution is -0.384. The van der Waals surface area contributed by atoms with Crippen molar-refractivity contribution in [2.24, 2.45) is 0 Å². The Morgan fingerprint density at radius 3 is 2.64 bits per heavy atom. The highest BCUT2D eigenvalue weighted by Gasteiger charge is 2.23. The molecule has 0 aliphatic carbocycles. The predicted octanol–water partition coefficient (Wildman–Crippen LogP) is 3.63. The first kappa shape index (κ1) is 19.9. The number of benzene rings is 2. The number of fused-ring (bicyclic) bond motifs is 1. The molecule has 2 amide bonds. The van der Waals surface area contributed by atoms with Crippen molar-refractivity contribution in [1.29, 1.82) is 0 Å². The number of thioether (sulfide) groups is 1. The van der Waals surface area contributed by atoms with Crippen LogP contribution in [-0.4, -0.2) is 35.1 Å². The number of rotatable bonds is 5. The first-order chi connectivity index (χ1) is 13.5. The molecule has 1 aliphatic heterocycles. The summed E-state index contributed by atoms with van der Waals surface area (Å²) in [6.45, 7) is 3.01. The number of para-hydroxylation sites is 1. The summed E-state index contributed by atoms with van der Waals surface area (Å²) in [7, 11) is 0. The molecule has 2 aromatic rings. The van der Waals surface area contributed by atoms with Gasteiger partial charge in [-0.15, -0.1) is 11.8 Å². The standard InChI is InChI=1S/C20H21N3O4S/c1-14-11-13-22(17-4-2-3-5-18(17)28-14)19(24)10-12-21-20(25)15-6-8-16(9-7-15)23(26)27/h2-9,14H,10-13H2,1H3,(H,21,25). The van der Waals surface area contributed by atoms with Crippen LogP contribution in [0.25, 0.3) is 0 Å². The fraction of sp³-hybridized carbons (Fsp3) is 0.300. The Hall–Kier alpha value is -2.87. The Bertz CT molecular complexity index is 885. The van der Waals surface area contributed by atoms with Gasteiger partial charge in [0.2, 0.25) is 5.91 Å². The lowest BCUT2D eigenvalue weighted by Crippen LogP contribution is -2.35. The van der Waals surface area contributed by atoms with E-state index in [0.29, 0.717) is 17.4 Å². The van der Waals surface area contributed by atoms with E-state index < -0.39 is 4.92 Å². The highest BCUT2D eigenvalue weighted by atomic mass is 32.2. The van der Waals surface area contributed by atoms with Crippen LogP contribution in [-0.2, 0) is 4.79 Å². The van der Waals surface area contributed by atoms with Gasteiger partial charge < -0.3 is 10.2 Å². The summed E-state index contributed by atoms with van der Waals surface area (Å²) < 4.78 is 0. The maximum absolute atomic E-state index is 12.7. The van der Waals surface area contributed by atoms with E-state index in [0.717, 1.165) is 17.0 Å². The fourth-order valence-electron chi connectivity index (χ4n) is 3.00. The van der Waals surface area contributed by atoms with Gasteiger partial charge in [-0.25, -0.2) is 0 Å². The summed E-state index contributed by atoms with van der Waals surface area (Å²) in [5.41, 5.74) is 1.17. The Morgan fingerprint density at radius 1 is 1.21 bits per heavy atom. The van der Waals surface area contributed by atoms with E-state index in [1.807, 2.05) is 24.3 Å². The van der Waals surface area contributed by atoms with E-state index >= 15 is 0 Å². The quantitative estimate of drug-likeness (QED) is 0.612. The second kappa shape index (κ2) is 8.88. The van der Waals surface area contributed by atoms with Crippen LogP contribution in [0.3, 0.4) is 0 Å². The number of nitro benzene ring substituents is 1. The maximum atomic E-state index is 12.7. The number of nitrogens with zero attached hydrogens (tertiary/aromatic N) is 2. The average Bonchev–Trinajstić information content (AvgIpc) is 2.86. The van der Waals surface area contributed by atoms with Crippen LogP contribution >= 0.6 is 11.8 Å². The number of amides is 2. The zero-order chi connectivity index (χ0) is 20.1. The van der Waals surface area contributed by atoms with E-state index in [2.05, 4.69) is 12.2 Å². The molecule has 1 heterocycles. The number of hydrogen-bond donors (Lipinski definition) is 1. The molecule has 1 atom stereocenters. The van der Waals surface area contributed by atoms with E-state index in [9.17, 15) is 19.7 Å². The van der Waals surface area contributed by atoms with Crippen LogP contribution in [0.4, 0.5) is 11.4 Å². The summed E-state index contributed by atoms with van der Waals surface area (Å²) in [4.78, 5) is 38.0. The van der Waals surface area contributed by atoms with Crippen molar-refractivity contribution >= 4 is 35.0 Å². The van der Waals surface area contributed by atoms with Crippen LogP contribution < -0.4 is 10.2 Å². The Labute approximate surface area is 167 Å². The minimum Gasteiger partial charge on any atom is -0.352 e.